The van der Waals surface area contributed by atoms with E-state index in [0.29, 0.717) is 16.9 Å². The number of hydrogen-bond donors (Lipinski definition) is 5. The SMILES string of the molecule is COc1cc(/C=C/C(=O)NCc2cc(O)c(O)c(O)c2)ccc1O. The monoisotopic (exact) mass is 331 g/mol. The molecule has 0 spiro atoms. The summed E-state index contributed by atoms with van der Waals surface area (Å²) in [6.07, 6.45) is 2.84. The van der Waals surface area contributed by atoms with Gasteiger partial charge in [-0.2, -0.15) is 0 Å². The second-order valence-corrected chi connectivity index (χ2v) is 4.97. The largest absolute Gasteiger partial charge is 0.504 e. The highest BCUT2D eigenvalue weighted by atomic mass is 16.5. The minimum absolute atomic E-state index is 0.00560. The maximum absolute atomic E-state index is 11.8. The summed E-state index contributed by atoms with van der Waals surface area (Å²) in [6.45, 7) is 0.0590. The van der Waals surface area contributed by atoms with Crippen molar-refractivity contribution < 1.29 is 30.0 Å². The Morgan fingerprint density at radius 2 is 1.75 bits per heavy atom. The Hall–Kier alpha value is -3.35. The van der Waals surface area contributed by atoms with E-state index in [0.717, 1.165) is 0 Å². The van der Waals surface area contributed by atoms with Crippen molar-refractivity contribution in [2.45, 2.75) is 6.54 Å². The number of methoxy groups -OCH3 is 1. The van der Waals surface area contributed by atoms with Crippen molar-refractivity contribution in [2.75, 3.05) is 7.11 Å². The van der Waals surface area contributed by atoms with Crippen molar-refractivity contribution >= 4 is 12.0 Å². The normalized spacial score (nSPS) is 10.7. The quantitative estimate of drug-likeness (QED) is 0.421. The second kappa shape index (κ2) is 7.28. The molecule has 0 fully saturated rings. The minimum Gasteiger partial charge on any atom is -0.504 e. The van der Waals surface area contributed by atoms with Gasteiger partial charge in [-0.1, -0.05) is 6.07 Å². The van der Waals surface area contributed by atoms with E-state index < -0.39 is 23.2 Å². The molecular weight excluding hydrogens is 314 g/mol. The highest BCUT2D eigenvalue weighted by Gasteiger charge is 2.08. The fourth-order valence-electron chi connectivity index (χ4n) is 1.98. The summed E-state index contributed by atoms with van der Waals surface area (Å²) in [4.78, 5) is 11.8. The van der Waals surface area contributed by atoms with Crippen LogP contribution >= 0.6 is 0 Å². The number of carbonyl (C=O) groups is 1. The van der Waals surface area contributed by atoms with Gasteiger partial charge in [-0.05, 0) is 41.5 Å². The van der Waals surface area contributed by atoms with Crippen LogP contribution in [0.15, 0.2) is 36.4 Å². The molecule has 7 heteroatoms. The molecule has 0 atom stereocenters. The van der Waals surface area contributed by atoms with E-state index in [1.54, 1.807) is 18.2 Å². The van der Waals surface area contributed by atoms with E-state index in [4.69, 9.17) is 4.74 Å². The predicted molar refractivity (Wildman–Crippen MR) is 87.0 cm³/mol. The summed E-state index contributed by atoms with van der Waals surface area (Å²) in [6, 6.07) is 7.14. The lowest BCUT2D eigenvalue weighted by molar-refractivity contribution is -0.116. The Morgan fingerprint density at radius 1 is 1.08 bits per heavy atom. The Morgan fingerprint density at radius 3 is 2.38 bits per heavy atom. The number of rotatable bonds is 5. The van der Waals surface area contributed by atoms with Gasteiger partial charge in [0.1, 0.15) is 0 Å². The molecule has 0 aromatic heterocycles. The van der Waals surface area contributed by atoms with Crippen molar-refractivity contribution in [3.05, 3.63) is 47.5 Å². The summed E-state index contributed by atoms with van der Waals surface area (Å²) in [5, 5.41) is 40.1. The van der Waals surface area contributed by atoms with Crippen LogP contribution < -0.4 is 10.1 Å². The molecule has 2 aromatic rings. The zero-order valence-corrected chi connectivity index (χ0v) is 12.9. The van der Waals surface area contributed by atoms with Gasteiger partial charge in [0, 0.05) is 12.6 Å². The second-order valence-electron chi connectivity index (χ2n) is 4.97. The van der Waals surface area contributed by atoms with Gasteiger partial charge in [0.15, 0.2) is 28.7 Å². The van der Waals surface area contributed by atoms with E-state index in [2.05, 4.69) is 5.32 Å². The molecule has 1 amide bonds. The summed E-state index contributed by atoms with van der Waals surface area (Å²) < 4.78 is 4.98. The predicted octanol–water partition coefficient (Wildman–Crippen LogP) is 1.85. The number of ether oxygens (including phenoxy) is 1. The van der Waals surface area contributed by atoms with Crippen molar-refractivity contribution in [3.8, 4) is 28.7 Å². The standard InChI is InChI=1S/C17H17NO6/c1-24-15-8-10(2-4-12(15)19)3-5-16(22)18-9-11-6-13(20)17(23)14(21)7-11/h2-8,19-21,23H,9H2,1H3,(H,18,22)/b5-3+. The Kier molecular flexibility index (Phi) is 5.16. The van der Waals surface area contributed by atoms with Gasteiger partial charge in [0.05, 0.1) is 7.11 Å². The average Bonchev–Trinajstić information content (AvgIpc) is 2.56. The highest BCUT2D eigenvalue weighted by molar-refractivity contribution is 5.91. The minimum atomic E-state index is -0.605. The number of hydrogen-bond acceptors (Lipinski definition) is 6. The molecule has 7 nitrogen and oxygen atoms in total. The first-order valence-electron chi connectivity index (χ1n) is 6.97. The average molecular weight is 331 g/mol. The van der Waals surface area contributed by atoms with Gasteiger partial charge in [-0.3, -0.25) is 4.79 Å². The topological polar surface area (TPSA) is 119 Å². The summed E-state index contributed by atoms with van der Waals surface area (Å²) in [5.74, 6) is -1.63. The van der Waals surface area contributed by atoms with Crippen LogP contribution in [0.2, 0.25) is 0 Å². The molecule has 126 valence electrons. The maximum atomic E-state index is 11.8. The van der Waals surface area contributed by atoms with Crippen LogP contribution in [0.3, 0.4) is 0 Å². The third-order valence-corrected chi connectivity index (χ3v) is 3.23. The Balaban J connectivity index is 1.98. The van der Waals surface area contributed by atoms with Crippen LogP contribution in [0.5, 0.6) is 28.7 Å². The fourth-order valence-corrected chi connectivity index (χ4v) is 1.98. The van der Waals surface area contributed by atoms with Crippen molar-refractivity contribution in [2.24, 2.45) is 0 Å². The van der Waals surface area contributed by atoms with Crippen LogP contribution in [0, 0.1) is 0 Å². The summed E-state index contributed by atoms with van der Waals surface area (Å²) in [7, 11) is 1.43. The molecular formula is C17H17NO6. The number of benzene rings is 2. The zero-order chi connectivity index (χ0) is 17.7. The molecule has 0 heterocycles. The Bertz CT molecular complexity index is 762. The number of phenols is 4. The highest BCUT2D eigenvalue weighted by Crippen LogP contribution is 2.35. The van der Waals surface area contributed by atoms with Crippen molar-refractivity contribution in [3.63, 3.8) is 0 Å². The maximum Gasteiger partial charge on any atom is 0.244 e. The molecule has 2 rings (SSSR count). The van der Waals surface area contributed by atoms with Gasteiger partial charge in [-0.15, -0.1) is 0 Å². The third-order valence-electron chi connectivity index (χ3n) is 3.23. The van der Waals surface area contributed by atoms with Crippen LogP contribution in [-0.4, -0.2) is 33.4 Å². The Labute approximate surface area is 138 Å². The fraction of sp³-hybridized carbons (Fsp3) is 0.118. The van der Waals surface area contributed by atoms with E-state index in [-0.39, 0.29) is 12.3 Å². The van der Waals surface area contributed by atoms with Gasteiger partial charge in [0.2, 0.25) is 5.91 Å². The van der Waals surface area contributed by atoms with Crippen LogP contribution in [0.4, 0.5) is 0 Å². The number of amides is 1. The van der Waals surface area contributed by atoms with Gasteiger partial charge >= 0.3 is 0 Å². The number of carbonyl (C=O) groups excluding carboxylic acids is 1. The molecule has 5 N–H and O–H groups in total. The number of aromatic hydroxyl groups is 4. The third kappa shape index (κ3) is 4.10. The van der Waals surface area contributed by atoms with E-state index in [1.165, 1.54) is 31.4 Å². The van der Waals surface area contributed by atoms with Gasteiger partial charge in [-0.25, -0.2) is 0 Å². The van der Waals surface area contributed by atoms with Crippen LogP contribution in [0.1, 0.15) is 11.1 Å². The van der Waals surface area contributed by atoms with Crippen molar-refractivity contribution in [1.29, 1.82) is 0 Å². The summed E-state index contributed by atoms with van der Waals surface area (Å²) >= 11 is 0. The zero-order valence-electron chi connectivity index (χ0n) is 12.9. The van der Waals surface area contributed by atoms with Crippen LogP contribution in [-0.2, 0) is 11.3 Å². The molecule has 0 aliphatic carbocycles. The van der Waals surface area contributed by atoms with E-state index in [1.807, 2.05) is 0 Å². The number of nitrogens with one attached hydrogen (secondary N) is 1. The number of phenolic OH excluding ortho intramolecular Hbond substituents is 4. The van der Waals surface area contributed by atoms with Gasteiger partial charge in [0.25, 0.3) is 0 Å². The molecule has 2 aromatic carbocycles. The van der Waals surface area contributed by atoms with E-state index in [9.17, 15) is 25.2 Å². The first-order valence-corrected chi connectivity index (χ1v) is 6.97. The lowest BCUT2D eigenvalue weighted by Crippen LogP contribution is -2.20. The van der Waals surface area contributed by atoms with Gasteiger partial charge < -0.3 is 30.5 Å². The summed E-state index contributed by atoms with van der Waals surface area (Å²) in [5.41, 5.74) is 1.09. The molecule has 0 radical (unpaired) electrons. The first kappa shape index (κ1) is 17.0. The first-order chi connectivity index (χ1) is 11.4. The molecule has 0 bridgehead atoms. The van der Waals surface area contributed by atoms with E-state index >= 15 is 0 Å². The molecule has 0 saturated heterocycles. The molecule has 0 unspecified atom stereocenters. The van der Waals surface area contributed by atoms with Crippen LogP contribution in [0.25, 0.3) is 6.08 Å². The molecule has 0 aliphatic rings. The lowest BCUT2D eigenvalue weighted by atomic mass is 10.1. The molecule has 0 saturated carbocycles. The molecule has 0 aliphatic heterocycles. The van der Waals surface area contributed by atoms with Crippen molar-refractivity contribution in [1.82, 2.24) is 5.32 Å². The lowest BCUT2D eigenvalue weighted by Gasteiger charge is -2.06. The smallest absolute Gasteiger partial charge is 0.244 e. The molecule has 24 heavy (non-hydrogen) atoms.